The van der Waals surface area contributed by atoms with Gasteiger partial charge >= 0.3 is 0 Å². The molecule has 1 heterocycles. The molecule has 0 bridgehead atoms. The Hall–Kier alpha value is -1.19. The van der Waals surface area contributed by atoms with Crippen molar-refractivity contribution in [2.45, 2.75) is 83.5 Å². The zero-order valence-electron chi connectivity index (χ0n) is 20.9. The average molecular weight is 517 g/mol. The summed E-state index contributed by atoms with van der Waals surface area (Å²) in [5.41, 5.74) is 0.356. The standard InChI is InChI=1S/C24H35ClF2N2O2SSi/c1-22(2,3)32(30)29-24(7,17-12-18(26)21(25)19(27)13-17)20-11-10-16(14-28-20)15-31-33(8,9)23(4,5)6/h10-14,29H,15H2,1-9H3/t24?,32-/m1/s1. The van der Waals surface area contributed by atoms with E-state index in [1.165, 1.54) is 0 Å². The van der Waals surface area contributed by atoms with Gasteiger partial charge in [0.25, 0.3) is 0 Å². The second-order valence-corrected chi connectivity index (χ2v) is 18.1. The first-order valence-electron chi connectivity index (χ1n) is 10.8. The molecule has 1 unspecified atom stereocenters. The van der Waals surface area contributed by atoms with Crippen molar-refractivity contribution in [3.8, 4) is 0 Å². The molecule has 0 radical (unpaired) electrons. The predicted octanol–water partition coefficient (Wildman–Crippen LogP) is 6.85. The van der Waals surface area contributed by atoms with E-state index in [0.29, 0.717) is 12.3 Å². The number of hydrogen-bond acceptors (Lipinski definition) is 3. The van der Waals surface area contributed by atoms with Crippen LogP contribution in [0.4, 0.5) is 8.78 Å². The molecule has 0 aliphatic rings. The molecule has 184 valence electrons. The van der Waals surface area contributed by atoms with Crippen molar-refractivity contribution in [2.24, 2.45) is 0 Å². The highest BCUT2D eigenvalue weighted by Gasteiger charge is 2.38. The van der Waals surface area contributed by atoms with Crippen molar-refractivity contribution < 1.29 is 17.4 Å². The van der Waals surface area contributed by atoms with Crippen molar-refractivity contribution in [3.63, 3.8) is 0 Å². The summed E-state index contributed by atoms with van der Waals surface area (Å²) in [5.74, 6) is -1.78. The lowest BCUT2D eigenvalue weighted by atomic mass is 9.89. The highest BCUT2D eigenvalue weighted by Crippen LogP contribution is 2.37. The van der Waals surface area contributed by atoms with E-state index < -0.39 is 46.2 Å². The molecule has 1 aromatic heterocycles. The van der Waals surface area contributed by atoms with E-state index in [1.807, 2.05) is 26.8 Å². The van der Waals surface area contributed by atoms with Crippen LogP contribution >= 0.6 is 11.6 Å². The molecule has 0 aliphatic heterocycles. The van der Waals surface area contributed by atoms with Crippen molar-refractivity contribution in [3.05, 3.63) is 63.9 Å². The highest BCUT2D eigenvalue weighted by molar-refractivity contribution is 7.84. The molecule has 0 spiro atoms. The summed E-state index contributed by atoms with van der Waals surface area (Å²) in [6.45, 7) is 18.5. The lowest BCUT2D eigenvalue weighted by Gasteiger charge is -2.36. The summed E-state index contributed by atoms with van der Waals surface area (Å²) in [4.78, 5) is 4.57. The summed E-state index contributed by atoms with van der Waals surface area (Å²) in [6.07, 6.45) is 1.69. The third-order valence-electron chi connectivity index (χ3n) is 6.16. The van der Waals surface area contributed by atoms with Crippen molar-refractivity contribution in [1.29, 1.82) is 0 Å². The molecule has 1 aromatic carbocycles. The van der Waals surface area contributed by atoms with Gasteiger partial charge in [-0.2, -0.15) is 0 Å². The Morgan fingerprint density at radius 2 is 1.61 bits per heavy atom. The number of pyridine rings is 1. The number of benzene rings is 1. The topological polar surface area (TPSA) is 51.2 Å². The van der Waals surface area contributed by atoms with Crippen LogP contribution in [0.25, 0.3) is 0 Å². The Bertz CT molecular complexity index is 998. The maximum Gasteiger partial charge on any atom is 0.192 e. The SMILES string of the molecule is CC(N[S@](=O)C(C)(C)C)(c1cc(F)c(Cl)c(F)c1)c1ccc(CO[Si](C)(C)C(C)(C)C)cn1. The van der Waals surface area contributed by atoms with E-state index >= 15 is 0 Å². The van der Waals surface area contributed by atoms with Crippen LogP contribution in [-0.4, -0.2) is 22.3 Å². The van der Waals surface area contributed by atoms with Gasteiger partial charge < -0.3 is 4.43 Å². The number of nitrogens with zero attached hydrogens (tertiary/aromatic N) is 1. The van der Waals surface area contributed by atoms with Crippen LogP contribution in [0.2, 0.25) is 23.2 Å². The van der Waals surface area contributed by atoms with Gasteiger partial charge in [0.2, 0.25) is 0 Å². The zero-order valence-corrected chi connectivity index (χ0v) is 23.5. The minimum atomic E-state index is -1.93. The third kappa shape index (κ3) is 6.48. The van der Waals surface area contributed by atoms with Crippen LogP contribution in [0.3, 0.4) is 0 Å². The molecule has 2 atom stereocenters. The molecule has 33 heavy (non-hydrogen) atoms. The van der Waals surface area contributed by atoms with Gasteiger partial charge in [0.05, 0.1) is 33.6 Å². The Morgan fingerprint density at radius 1 is 1.06 bits per heavy atom. The number of hydrogen-bond donors (Lipinski definition) is 1. The lowest BCUT2D eigenvalue weighted by molar-refractivity contribution is 0.276. The number of halogens is 3. The highest BCUT2D eigenvalue weighted by atomic mass is 35.5. The second-order valence-electron chi connectivity index (χ2n) is 11.0. The van der Waals surface area contributed by atoms with Gasteiger partial charge in [0.15, 0.2) is 8.32 Å². The minimum absolute atomic E-state index is 0.0859. The smallest absolute Gasteiger partial charge is 0.192 e. The Balaban J connectivity index is 2.45. The summed E-state index contributed by atoms with van der Waals surface area (Å²) < 4.78 is 50.3. The molecule has 1 N–H and O–H groups in total. The average Bonchev–Trinajstić information content (AvgIpc) is 2.68. The molecule has 0 saturated heterocycles. The number of aromatic nitrogens is 1. The van der Waals surface area contributed by atoms with Gasteiger partial charge in [-0.25, -0.2) is 17.7 Å². The minimum Gasteiger partial charge on any atom is -0.413 e. The molecule has 2 rings (SSSR count). The van der Waals surface area contributed by atoms with Gasteiger partial charge in [-0.1, -0.05) is 38.4 Å². The molecular weight excluding hydrogens is 482 g/mol. The van der Waals surface area contributed by atoms with Gasteiger partial charge in [-0.05, 0) is 75.2 Å². The third-order valence-corrected chi connectivity index (χ3v) is 12.7. The maximum absolute atomic E-state index is 14.3. The fraction of sp³-hybridized carbons (Fsp3) is 0.542. The quantitative estimate of drug-likeness (QED) is 0.323. The molecule has 2 aromatic rings. The summed E-state index contributed by atoms with van der Waals surface area (Å²) >= 11 is 5.69. The lowest BCUT2D eigenvalue weighted by Crippen LogP contribution is -2.47. The monoisotopic (exact) mass is 516 g/mol. The molecule has 9 heteroatoms. The molecular formula is C24H35ClF2N2O2SSi. The number of nitrogens with one attached hydrogen (secondary N) is 1. The molecule has 0 amide bonds. The van der Waals surface area contributed by atoms with Crippen LogP contribution in [0.1, 0.15) is 65.3 Å². The van der Waals surface area contributed by atoms with Crippen LogP contribution in [0.15, 0.2) is 30.5 Å². The Morgan fingerprint density at radius 3 is 2.03 bits per heavy atom. The zero-order chi connectivity index (χ0) is 25.4. The summed E-state index contributed by atoms with van der Waals surface area (Å²) in [6, 6.07) is 5.93. The van der Waals surface area contributed by atoms with Crippen molar-refractivity contribution in [1.82, 2.24) is 9.71 Å². The fourth-order valence-corrected chi connectivity index (χ4v) is 4.70. The van der Waals surface area contributed by atoms with Gasteiger partial charge in [-0.3, -0.25) is 4.98 Å². The van der Waals surface area contributed by atoms with Crippen LogP contribution in [0.5, 0.6) is 0 Å². The summed E-state index contributed by atoms with van der Waals surface area (Å²) in [5, 5.41) is -0.494. The second kappa shape index (κ2) is 9.82. The van der Waals surface area contributed by atoms with Crippen LogP contribution in [0, 0.1) is 11.6 Å². The van der Waals surface area contributed by atoms with Crippen molar-refractivity contribution >= 4 is 30.9 Å². The first-order chi connectivity index (χ1) is 14.9. The largest absolute Gasteiger partial charge is 0.413 e. The maximum atomic E-state index is 14.3. The summed E-state index contributed by atoms with van der Waals surface area (Å²) in [7, 11) is -3.47. The Kier molecular flexibility index (Phi) is 8.34. The first kappa shape index (κ1) is 28.0. The van der Waals surface area contributed by atoms with E-state index in [1.54, 1.807) is 19.2 Å². The fourth-order valence-electron chi connectivity index (χ4n) is 2.73. The predicted molar refractivity (Wildman–Crippen MR) is 135 cm³/mol. The van der Waals surface area contributed by atoms with Gasteiger partial charge in [0, 0.05) is 6.20 Å². The van der Waals surface area contributed by atoms with Crippen LogP contribution in [-0.2, 0) is 27.6 Å². The molecule has 0 saturated carbocycles. The van der Waals surface area contributed by atoms with Gasteiger partial charge in [0.1, 0.15) is 16.7 Å². The van der Waals surface area contributed by atoms with E-state index in [0.717, 1.165) is 17.7 Å². The first-order valence-corrected chi connectivity index (χ1v) is 15.3. The van der Waals surface area contributed by atoms with Crippen molar-refractivity contribution in [2.75, 3.05) is 0 Å². The normalized spacial score (nSPS) is 15.9. The van der Waals surface area contributed by atoms with Gasteiger partial charge in [-0.15, -0.1) is 0 Å². The van der Waals surface area contributed by atoms with E-state index in [9.17, 15) is 13.0 Å². The van der Waals surface area contributed by atoms with E-state index in [4.69, 9.17) is 16.0 Å². The Labute approximate surface area is 205 Å². The molecule has 0 aliphatic carbocycles. The number of rotatable bonds is 7. The van der Waals surface area contributed by atoms with Crippen LogP contribution < -0.4 is 4.72 Å². The van der Waals surface area contributed by atoms with E-state index in [2.05, 4.69) is 43.6 Å². The van der Waals surface area contributed by atoms with E-state index in [-0.39, 0.29) is 10.6 Å². The molecule has 4 nitrogen and oxygen atoms in total. The molecule has 0 fully saturated rings.